The zero-order valence-corrected chi connectivity index (χ0v) is 17.8. The molecule has 0 radical (unpaired) electrons. The number of thiocarbonyl (C=S) groups is 1. The molecule has 1 aromatic heterocycles. The molecule has 0 bridgehead atoms. The second-order valence-corrected chi connectivity index (χ2v) is 7.59. The molecule has 7 heteroatoms. The van der Waals surface area contributed by atoms with Crippen LogP contribution in [0.4, 0.5) is 5.69 Å². The summed E-state index contributed by atoms with van der Waals surface area (Å²) >= 11 is 11.9. The molecule has 1 N–H and O–H groups in total. The van der Waals surface area contributed by atoms with E-state index in [-0.39, 0.29) is 6.04 Å². The Labute approximate surface area is 180 Å². The highest BCUT2D eigenvalue weighted by Crippen LogP contribution is 2.39. The number of fused-ring (bicyclic) bond motifs is 1. The Hall–Kier alpha value is -2.70. The van der Waals surface area contributed by atoms with Crippen molar-refractivity contribution in [2.24, 2.45) is 0 Å². The largest absolute Gasteiger partial charge is 0.497 e. The van der Waals surface area contributed by atoms with E-state index in [9.17, 15) is 0 Å². The van der Waals surface area contributed by atoms with Crippen LogP contribution in [-0.2, 0) is 6.54 Å². The van der Waals surface area contributed by atoms with E-state index in [1.165, 1.54) is 0 Å². The van der Waals surface area contributed by atoms with Gasteiger partial charge in [0.05, 0.1) is 14.2 Å². The number of hydrogen-bond donors (Lipinski definition) is 1. The monoisotopic (exact) mass is 427 g/mol. The van der Waals surface area contributed by atoms with Gasteiger partial charge in [-0.1, -0.05) is 17.7 Å². The second kappa shape index (κ2) is 8.35. The van der Waals surface area contributed by atoms with Gasteiger partial charge >= 0.3 is 0 Å². The van der Waals surface area contributed by atoms with Crippen molar-refractivity contribution in [2.45, 2.75) is 12.6 Å². The summed E-state index contributed by atoms with van der Waals surface area (Å²) in [6.07, 6.45) is 2.10. The Morgan fingerprint density at radius 1 is 1.07 bits per heavy atom. The Morgan fingerprint density at radius 2 is 1.93 bits per heavy atom. The third-order valence-corrected chi connectivity index (χ3v) is 5.68. The highest BCUT2D eigenvalue weighted by molar-refractivity contribution is 7.80. The lowest BCUT2D eigenvalue weighted by atomic mass is 9.99. The highest BCUT2D eigenvalue weighted by atomic mass is 35.5. The number of methoxy groups -OCH3 is 2. The van der Waals surface area contributed by atoms with Gasteiger partial charge in [-0.3, -0.25) is 0 Å². The maximum absolute atomic E-state index is 6.13. The molecular weight excluding hydrogens is 406 g/mol. The smallest absolute Gasteiger partial charge is 0.174 e. The molecule has 2 heterocycles. The summed E-state index contributed by atoms with van der Waals surface area (Å²) in [6.45, 7) is 1.61. The van der Waals surface area contributed by atoms with Crippen molar-refractivity contribution in [3.63, 3.8) is 0 Å². The molecule has 2 aromatic carbocycles. The fraction of sp³-hybridized carbons (Fsp3) is 0.227. The van der Waals surface area contributed by atoms with Crippen LogP contribution in [-0.4, -0.2) is 35.3 Å². The minimum absolute atomic E-state index is 0.108. The Kier molecular flexibility index (Phi) is 5.65. The lowest BCUT2D eigenvalue weighted by molar-refractivity contribution is 0.284. The van der Waals surface area contributed by atoms with E-state index < -0.39 is 0 Å². The van der Waals surface area contributed by atoms with E-state index in [2.05, 4.69) is 33.1 Å². The Morgan fingerprint density at radius 3 is 2.69 bits per heavy atom. The lowest BCUT2D eigenvalue weighted by Crippen LogP contribution is -2.44. The van der Waals surface area contributed by atoms with E-state index in [0.29, 0.717) is 10.1 Å². The summed E-state index contributed by atoms with van der Waals surface area (Å²) in [4.78, 5) is 2.18. The van der Waals surface area contributed by atoms with Crippen molar-refractivity contribution in [2.75, 3.05) is 26.1 Å². The normalized spacial score (nSPS) is 15.6. The lowest BCUT2D eigenvalue weighted by Gasteiger charge is -2.39. The predicted molar refractivity (Wildman–Crippen MR) is 120 cm³/mol. The molecule has 5 nitrogen and oxygen atoms in total. The van der Waals surface area contributed by atoms with Crippen LogP contribution in [0.5, 0.6) is 11.5 Å². The Bertz CT molecular complexity index is 1040. The minimum atomic E-state index is -0.108. The zero-order chi connectivity index (χ0) is 20.4. The van der Waals surface area contributed by atoms with E-state index in [1.807, 2.05) is 42.5 Å². The first-order chi connectivity index (χ1) is 14.1. The van der Waals surface area contributed by atoms with Gasteiger partial charge in [-0.2, -0.15) is 0 Å². The molecule has 0 aliphatic carbocycles. The molecule has 4 rings (SSSR count). The highest BCUT2D eigenvalue weighted by Gasteiger charge is 2.33. The van der Waals surface area contributed by atoms with Crippen molar-refractivity contribution >= 4 is 34.6 Å². The number of ether oxygens (including phenoxy) is 2. The number of nitrogens with zero attached hydrogens (tertiary/aromatic N) is 2. The maximum Gasteiger partial charge on any atom is 0.174 e. The van der Waals surface area contributed by atoms with Gasteiger partial charge in [0.1, 0.15) is 17.5 Å². The van der Waals surface area contributed by atoms with Crippen LogP contribution in [0.1, 0.15) is 17.3 Å². The maximum atomic E-state index is 6.13. The summed E-state index contributed by atoms with van der Waals surface area (Å²) in [5.74, 6) is 1.57. The molecule has 0 saturated carbocycles. The number of rotatable bonds is 4. The molecule has 0 amide bonds. The first-order valence-electron chi connectivity index (χ1n) is 9.31. The topological polar surface area (TPSA) is 38.7 Å². The molecule has 1 aliphatic rings. The summed E-state index contributed by atoms with van der Waals surface area (Å²) in [6, 6.07) is 17.5. The van der Waals surface area contributed by atoms with Gasteiger partial charge < -0.3 is 24.3 Å². The molecule has 3 aromatic rings. The molecule has 0 fully saturated rings. The second-order valence-electron chi connectivity index (χ2n) is 6.77. The van der Waals surface area contributed by atoms with Gasteiger partial charge in [-0.25, -0.2) is 0 Å². The molecule has 150 valence electrons. The summed E-state index contributed by atoms with van der Waals surface area (Å²) in [5.41, 5.74) is 3.01. The van der Waals surface area contributed by atoms with Crippen LogP contribution in [0.2, 0.25) is 5.02 Å². The number of aromatic nitrogens is 1. The third kappa shape index (κ3) is 3.91. The number of anilines is 1. The predicted octanol–water partition coefficient (Wildman–Crippen LogP) is 4.96. The summed E-state index contributed by atoms with van der Waals surface area (Å²) < 4.78 is 13.4. The molecular formula is C22H22ClN3O2S. The van der Waals surface area contributed by atoms with Crippen molar-refractivity contribution in [3.8, 4) is 11.5 Å². The Balaban J connectivity index is 1.75. The van der Waals surface area contributed by atoms with Crippen LogP contribution in [0.3, 0.4) is 0 Å². The first-order valence-corrected chi connectivity index (χ1v) is 10.1. The van der Waals surface area contributed by atoms with E-state index in [0.717, 1.165) is 41.5 Å². The van der Waals surface area contributed by atoms with E-state index in [1.54, 1.807) is 14.2 Å². The van der Waals surface area contributed by atoms with Gasteiger partial charge in [-0.05, 0) is 60.7 Å². The van der Waals surface area contributed by atoms with E-state index >= 15 is 0 Å². The van der Waals surface area contributed by atoms with Crippen molar-refractivity contribution in [1.29, 1.82) is 0 Å². The van der Waals surface area contributed by atoms with Crippen LogP contribution in [0.15, 0.2) is 60.8 Å². The first kappa shape index (κ1) is 19.6. The molecule has 1 atom stereocenters. The SMILES string of the molecule is COc1ccc(OC)c(C2c3cccn3CCN2C(=S)Nc2cccc(Cl)c2)c1. The number of nitrogens with one attached hydrogen (secondary N) is 1. The zero-order valence-electron chi connectivity index (χ0n) is 16.3. The summed E-state index contributed by atoms with van der Waals surface area (Å²) in [7, 11) is 3.35. The van der Waals surface area contributed by atoms with Gasteiger partial charge in [0.25, 0.3) is 0 Å². The van der Waals surface area contributed by atoms with Crippen molar-refractivity contribution < 1.29 is 9.47 Å². The van der Waals surface area contributed by atoms with Crippen LogP contribution in [0.25, 0.3) is 0 Å². The average Bonchev–Trinajstić information content (AvgIpc) is 3.21. The average molecular weight is 428 g/mol. The minimum Gasteiger partial charge on any atom is -0.497 e. The molecule has 0 spiro atoms. The van der Waals surface area contributed by atoms with Crippen molar-refractivity contribution in [1.82, 2.24) is 9.47 Å². The van der Waals surface area contributed by atoms with Crippen LogP contribution in [0, 0.1) is 0 Å². The standard InChI is InChI=1S/C22H22ClN3O2S/c1-27-17-8-9-20(28-2)18(14-17)21-19-7-4-10-25(19)11-12-26(21)22(29)24-16-6-3-5-15(23)13-16/h3-10,13-14,21H,11-12H2,1-2H3,(H,24,29). The third-order valence-electron chi connectivity index (χ3n) is 5.11. The summed E-state index contributed by atoms with van der Waals surface area (Å²) in [5, 5.41) is 4.63. The molecule has 0 saturated heterocycles. The van der Waals surface area contributed by atoms with Gasteiger partial charge in [0.15, 0.2) is 5.11 Å². The van der Waals surface area contributed by atoms with Gasteiger partial charge in [-0.15, -0.1) is 0 Å². The molecule has 29 heavy (non-hydrogen) atoms. The van der Waals surface area contributed by atoms with Gasteiger partial charge in [0, 0.05) is 41.3 Å². The number of halogens is 1. The van der Waals surface area contributed by atoms with Crippen LogP contribution >= 0.6 is 23.8 Å². The fourth-order valence-electron chi connectivity index (χ4n) is 3.74. The molecule has 1 aliphatic heterocycles. The number of benzene rings is 2. The van der Waals surface area contributed by atoms with Crippen molar-refractivity contribution in [3.05, 3.63) is 77.1 Å². The van der Waals surface area contributed by atoms with E-state index in [4.69, 9.17) is 33.3 Å². The molecule has 1 unspecified atom stereocenters. The number of hydrogen-bond acceptors (Lipinski definition) is 3. The quantitative estimate of drug-likeness (QED) is 0.596. The van der Waals surface area contributed by atoms with Gasteiger partial charge in [0.2, 0.25) is 0 Å². The fourth-order valence-corrected chi connectivity index (χ4v) is 4.25. The van der Waals surface area contributed by atoms with Crippen LogP contribution < -0.4 is 14.8 Å².